The number of benzene rings is 3. The van der Waals surface area contributed by atoms with E-state index in [0.29, 0.717) is 18.4 Å². The van der Waals surface area contributed by atoms with Crippen molar-refractivity contribution in [2.24, 2.45) is 4.58 Å². The van der Waals surface area contributed by atoms with Gasteiger partial charge in [0.15, 0.2) is 0 Å². The summed E-state index contributed by atoms with van der Waals surface area (Å²) in [5.74, 6) is -3.22. The van der Waals surface area contributed by atoms with Gasteiger partial charge in [-0.25, -0.2) is 4.79 Å². The Morgan fingerprint density at radius 2 is 1.27 bits per heavy atom. The highest BCUT2D eigenvalue weighted by Gasteiger charge is 2.44. The number of nitroso groups, excluding NO2 is 1. The number of methoxy groups -OCH3 is 1. The smallest absolute Gasteiger partial charge is 0.328 e. The van der Waals surface area contributed by atoms with Crippen molar-refractivity contribution in [2.75, 3.05) is 32.2 Å². The van der Waals surface area contributed by atoms with Gasteiger partial charge in [-0.3, -0.25) is 19.2 Å². The normalized spacial score (nSPS) is 11.9. The third kappa shape index (κ3) is 13.5. The molecule has 51 heavy (non-hydrogen) atoms. The molecular formula is C36H44BrN4O8PS. The van der Waals surface area contributed by atoms with E-state index in [-0.39, 0.29) is 54.5 Å². The first-order chi connectivity index (χ1) is 24.2. The van der Waals surface area contributed by atoms with E-state index in [1.807, 2.05) is 18.2 Å². The first kappa shape index (κ1) is 43.0. The average molecular weight is 804 g/mol. The summed E-state index contributed by atoms with van der Waals surface area (Å²) < 4.78 is 12.3. The van der Waals surface area contributed by atoms with E-state index >= 15 is 0 Å². The number of esters is 2. The van der Waals surface area contributed by atoms with Crippen LogP contribution in [0.4, 0.5) is 0 Å². The largest absolute Gasteiger partial charge is 1.00 e. The van der Waals surface area contributed by atoms with Crippen LogP contribution in [0.1, 0.15) is 39.0 Å². The Bertz CT molecular complexity index is 1460. The zero-order valence-electron chi connectivity index (χ0n) is 28.6. The first-order valence-electron chi connectivity index (χ1n) is 16.3. The Morgan fingerprint density at radius 1 is 0.765 bits per heavy atom. The number of carbonyl (C=O) groups is 5. The number of unbranched alkanes of at least 4 members (excludes halogenated alkanes) is 1. The molecule has 0 saturated carbocycles. The first-order valence-corrected chi connectivity index (χ1v) is 19.3. The van der Waals surface area contributed by atoms with Gasteiger partial charge in [-0.05, 0) is 62.6 Å². The molecule has 0 fully saturated rings. The molecule has 0 bridgehead atoms. The van der Waals surface area contributed by atoms with E-state index in [1.54, 1.807) is 6.92 Å². The highest BCUT2D eigenvalue weighted by atomic mass is 79.9. The van der Waals surface area contributed by atoms with E-state index in [0.717, 1.165) is 19.7 Å². The number of nitrogens with zero attached hydrogens (tertiary/aromatic N) is 1. The fraction of sp³-hybridized carbons (Fsp3) is 0.361. The average Bonchev–Trinajstić information content (AvgIpc) is 3.15. The van der Waals surface area contributed by atoms with Crippen molar-refractivity contribution < 1.29 is 50.4 Å². The van der Waals surface area contributed by atoms with E-state index < -0.39 is 49.6 Å². The van der Waals surface area contributed by atoms with Crippen LogP contribution in [0, 0.1) is 4.91 Å². The maximum Gasteiger partial charge on any atom is 0.328 e. The Balaban J connectivity index is 0.00000901. The molecule has 3 aromatic carbocycles. The van der Waals surface area contributed by atoms with Gasteiger partial charge in [-0.1, -0.05) is 54.6 Å². The second-order valence-corrected chi connectivity index (χ2v) is 15.5. The number of hydrogen-bond donors (Lipinski definition) is 3. The van der Waals surface area contributed by atoms with Crippen LogP contribution in [-0.4, -0.2) is 73.9 Å². The maximum absolute atomic E-state index is 13.1. The third-order valence-electron chi connectivity index (χ3n) is 7.88. The Kier molecular flexibility index (Phi) is 19.7. The second-order valence-electron chi connectivity index (χ2n) is 11.2. The van der Waals surface area contributed by atoms with Crippen molar-refractivity contribution in [1.29, 1.82) is 0 Å². The number of hydrogen-bond acceptors (Lipinski definition) is 10. The molecule has 15 heteroatoms. The molecule has 0 saturated heterocycles. The quantitative estimate of drug-likeness (QED) is 0.0447. The standard InChI is InChI=1S/C36H43N4O8PS.BrH/c1-3-48-36(45)30(22-23-33(42)39-31(26-50-40-46)35(44)37-25-34(43)47-2)38-32(41)21-13-14-24-49(27-15-7-4-8-16-27,28-17-9-5-10-18-28)29-19-11-6-12-20-29;/h4-12,15-20,30-31H,3,13-14,21-26H2,1-2H3,(H2-,37,38,39,41,42,44);1H/t30-,31-;/m0./s1. The number of rotatable bonds is 21. The van der Waals surface area contributed by atoms with Crippen LogP contribution in [-0.2, 0) is 33.4 Å². The van der Waals surface area contributed by atoms with Gasteiger partial charge in [0.1, 0.15) is 41.8 Å². The number of nitrogens with one attached hydrogen (secondary N) is 3. The lowest BCUT2D eigenvalue weighted by Crippen LogP contribution is -3.00. The second kappa shape index (κ2) is 23.4. The zero-order chi connectivity index (χ0) is 36.2. The van der Waals surface area contributed by atoms with Crippen LogP contribution in [0.3, 0.4) is 0 Å². The summed E-state index contributed by atoms with van der Waals surface area (Å²) in [5.41, 5.74) is 0. The minimum atomic E-state index is -2.05. The summed E-state index contributed by atoms with van der Waals surface area (Å²) >= 11 is 0.526. The van der Waals surface area contributed by atoms with Crippen molar-refractivity contribution in [3.05, 3.63) is 95.9 Å². The summed E-state index contributed by atoms with van der Waals surface area (Å²) in [4.78, 5) is 73.2. The molecule has 3 aromatic rings. The van der Waals surface area contributed by atoms with E-state index in [2.05, 4.69) is 98.1 Å². The van der Waals surface area contributed by atoms with Gasteiger partial charge in [0.25, 0.3) is 0 Å². The van der Waals surface area contributed by atoms with E-state index in [9.17, 15) is 28.9 Å². The van der Waals surface area contributed by atoms with Gasteiger partial charge in [0.05, 0.1) is 19.9 Å². The fourth-order valence-electron chi connectivity index (χ4n) is 5.46. The van der Waals surface area contributed by atoms with Crippen LogP contribution >= 0.6 is 19.2 Å². The van der Waals surface area contributed by atoms with Gasteiger partial charge in [-0.15, -0.1) is 4.91 Å². The molecule has 0 heterocycles. The predicted molar refractivity (Wildman–Crippen MR) is 197 cm³/mol. The van der Waals surface area contributed by atoms with Crippen LogP contribution in [0.25, 0.3) is 0 Å². The van der Waals surface area contributed by atoms with E-state index in [1.165, 1.54) is 15.9 Å². The fourth-order valence-corrected chi connectivity index (χ4v) is 10.3. The lowest BCUT2D eigenvalue weighted by atomic mass is 10.1. The molecule has 2 atom stereocenters. The molecule has 3 N–H and O–H groups in total. The molecule has 0 aromatic heterocycles. The monoisotopic (exact) mass is 802 g/mol. The molecule has 274 valence electrons. The number of carbonyl (C=O) groups excluding carboxylic acids is 5. The SMILES string of the molecule is CCOC(=O)[C@H](CCC(=O)N[C@@H](CSN=O)C(=O)NCC(=O)OC)NC(=O)CCCC[P+](c1ccccc1)(c1ccccc1)c1ccccc1.[Br-]. The molecule has 0 aliphatic heterocycles. The number of ether oxygens (including phenoxy) is 2. The number of amides is 3. The molecule has 0 aliphatic carbocycles. The van der Waals surface area contributed by atoms with Crippen molar-refractivity contribution >= 4 is 64.8 Å². The summed E-state index contributed by atoms with van der Waals surface area (Å²) in [7, 11) is -0.890. The van der Waals surface area contributed by atoms with Gasteiger partial charge in [0.2, 0.25) is 17.7 Å². The zero-order valence-corrected chi connectivity index (χ0v) is 31.9. The molecule has 0 unspecified atom stereocenters. The third-order valence-corrected chi connectivity index (χ3v) is 13.0. The predicted octanol–water partition coefficient (Wildman–Crippen LogP) is 0.172. The minimum Gasteiger partial charge on any atom is -1.00 e. The Labute approximate surface area is 313 Å². The molecule has 0 radical (unpaired) electrons. The lowest BCUT2D eigenvalue weighted by molar-refractivity contribution is -0.147. The highest BCUT2D eigenvalue weighted by Crippen LogP contribution is 2.55. The molecular weight excluding hydrogens is 759 g/mol. The maximum atomic E-state index is 13.1. The van der Waals surface area contributed by atoms with Crippen molar-refractivity contribution in [3.63, 3.8) is 0 Å². The highest BCUT2D eigenvalue weighted by molar-refractivity contribution is 7.98. The van der Waals surface area contributed by atoms with Crippen LogP contribution in [0.15, 0.2) is 95.6 Å². The minimum absolute atomic E-state index is 0. The Hall–Kier alpha value is -4.13. The molecule has 0 aliphatic rings. The van der Waals surface area contributed by atoms with E-state index in [4.69, 9.17) is 4.74 Å². The van der Waals surface area contributed by atoms with Crippen LogP contribution in [0.5, 0.6) is 0 Å². The van der Waals surface area contributed by atoms with Gasteiger partial charge in [-0.2, -0.15) is 0 Å². The Morgan fingerprint density at radius 3 is 1.76 bits per heavy atom. The molecule has 3 amide bonds. The molecule has 0 spiro atoms. The van der Waals surface area contributed by atoms with Gasteiger partial charge in [0, 0.05) is 35.1 Å². The lowest BCUT2D eigenvalue weighted by Gasteiger charge is -2.27. The van der Waals surface area contributed by atoms with Crippen LogP contribution in [0.2, 0.25) is 0 Å². The molecule has 3 rings (SSSR count). The summed E-state index contributed by atoms with van der Waals surface area (Å²) in [5, 5.41) is 11.3. The van der Waals surface area contributed by atoms with Crippen molar-refractivity contribution in [3.8, 4) is 0 Å². The topological polar surface area (TPSA) is 169 Å². The summed E-state index contributed by atoms with van der Waals surface area (Å²) in [6.07, 6.45) is 2.00. The van der Waals surface area contributed by atoms with Crippen molar-refractivity contribution in [1.82, 2.24) is 16.0 Å². The summed E-state index contributed by atoms with van der Waals surface area (Å²) in [6, 6.07) is 29.2. The number of halogens is 1. The van der Waals surface area contributed by atoms with Crippen molar-refractivity contribution in [2.45, 2.75) is 51.1 Å². The van der Waals surface area contributed by atoms with Crippen LogP contribution < -0.4 is 48.8 Å². The van der Waals surface area contributed by atoms with Gasteiger partial charge < -0.3 is 42.4 Å². The van der Waals surface area contributed by atoms with Gasteiger partial charge >= 0.3 is 11.9 Å². The summed E-state index contributed by atoms with van der Waals surface area (Å²) in [6.45, 7) is 1.30. The molecule has 12 nitrogen and oxygen atoms in total.